The van der Waals surface area contributed by atoms with Gasteiger partial charge in [0.2, 0.25) is 5.91 Å². The summed E-state index contributed by atoms with van der Waals surface area (Å²) in [5, 5.41) is 5.13. The van der Waals surface area contributed by atoms with Crippen molar-refractivity contribution in [3.05, 3.63) is 73.4 Å². The maximum Gasteiger partial charge on any atom is 0.280 e. The zero-order chi connectivity index (χ0) is 23.4. The molecule has 1 fully saturated rings. The molecule has 2 aromatic heterocycles. The van der Waals surface area contributed by atoms with Gasteiger partial charge in [0, 0.05) is 60.5 Å². The third-order valence-corrected chi connectivity index (χ3v) is 6.72. The lowest BCUT2D eigenvalue weighted by atomic mass is 10.2. The normalized spacial score (nSPS) is 13.8. The molecule has 1 aliphatic heterocycles. The number of carbonyl (C=O) groups excluding carboxylic acids is 2. The van der Waals surface area contributed by atoms with Gasteiger partial charge in [0.25, 0.3) is 11.5 Å². The van der Waals surface area contributed by atoms with E-state index >= 15 is 0 Å². The maximum atomic E-state index is 12.5. The molecule has 3 heterocycles. The van der Waals surface area contributed by atoms with Gasteiger partial charge in [0.15, 0.2) is 0 Å². The van der Waals surface area contributed by atoms with Crippen molar-refractivity contribution >= 4 is 45.9 Å². The van der Waals surface area contributed by atoms with E-state index in [0.29, 0.717) is 50.3 Å². The van der Waals surface area contributed by atoms with Gasteiger partial charge in [-0.25, -0.2) is 4.98 Å². The van der Waals surface area contributed by atoms with Crippen molar-refractivity contribution in [1.29, 1.82) is 0 Å². The molecule has 0 saturated carbocycles. The second-order valence-corrected chi connectivity index (χ2v) is 9.03. The Kier molecular flexibility index (Phi) is 7.11. The molecule has 2 amide bonds. The average molecular weight is 561 g/mol. The van der Waals surface area contributed by atoms with Crippen LogP contribution in [0.2, 0.25) is 0 Å². The van der Waals surface area contributed by atoms with Crippen molar-refractivity contribution in [3.8, 4) is 0 Å². The summed E-state index contributed by atoms with van der Waals surface area (Å²) < 4.78 is 6.08. The Balaban J connectivity index is 1.28. The molecule has 0 radical (unpaired) electrons. The number of H-pyrrole nitrogens is 1. The van der Waals surface area contributed by atoms with Crippen LogP contribution < -0.4 is 15.8 Å². The van der Waals surface area contributed by atoms with Crippen molar-refractivity contribution in [1.82, 2.24) is 15.0 Å². The Hall–Kier alpha value is -3.15. The second kappa shape index (κ2) is 10.2. The topological polar surface area (TPSA) is 112 Å². The minimum atomic E-state index is -0.299. The van der Waals surface area contributed by atoms with Crippen LogP contribution in [0.5, 0.6) is 0 Å². The fourth-order valence-corrected chi connectivity index (χ4v) is 4.11. The van der Waals surface area contributed by atoms with E-state index < -0.39 is 0 Å². The highest BCUT2D eigenvalue weighted by Gasteiger charge is 2.22. The van der Waals surface area contributed by atoms with Crippen molar-refractivity contribution in [2.45, 2.75) is 19.8 Å². The van der Waals surface area contributed by atoms with Crippen molar-refractivity contribution in [3.63, 3.8) is 0 Å². The lowest BCUT2D eigenvalue weighted by molar-refractivity contribution is -0.131. The molecule has 2 N–H and O–H groups in total. The summed E-state index contributed by atoms with van der Waals surface area (Å²) in [5.41, 5.74) is 2.10. The first-order valence-electron chi connectivity index (χ1n) is 10.6. The molecular weight excluding hydrogens is 537 g/mol. The first-order chi connectivity index (χ1) is 15.9. The lowest BCUT2D eigenvalue weighted by Crippen LogP contribution is -2.49. The monoisotopic (exact) mass is 561 g/mol. The highest BCUT2D eigenvalue weighted by molar-refractivity contribution is 14.1. The second-order valence-electron chi connectivity index (χ2n) is 7.87. The number of aryl methyl sites for hydroxylation is 2. The van der Waals surface area contributed by atoms with E-state index in [0.717, 1.165) is 20.6 Å². The number of piperazine rings is 1. The minimum Gasteiger partial charge on any atom is -0.384 e. The van der Waals surface area contributed by atoms with Gasteiger partial charge in [-0.2, -0.15) is 5.16 Å². The number of hydrogen-bond acceptors (Lipinski definition) is 6. The van der Waals surface area contributed by atoms with Gasteiger partial charge < -0.3 is 19.6 Å². The molecule has 0 bridgehead atoms. The quantitative estimate of drug-likeness (QED) is 0.448. The van der Waals surface area contributed by atoms with E-state index in [1.165, 1.54) is 6.07 Å². The van der Waals surface area contributed by atoms with Crippen LogP contribution in [0.25, 0.3) is 0 Å². The number of carbonyl (C=O) groups is 2. The standard InChI is InChI=1S/C23H24IN5O4/c1-15-2-4-17(12-19(15)24)26-23(32)16-3-6-20(25-14-16)28-8-10-29(11-9-28)22(31)7-5-18-13-21(30)27-33-18/h2-4,6,12-14H,5,7-11H2,1H3,(H,26,32)(H,27,30). The van der Waals surface area contributed by atoms with E-state index in [2.05, 4.69) is 42.9 Å². The Morgan fingerprint density at radius 1 is 1.15 bits per heavy atom. The van der Waals surface area contributed by atoms with Crippen LogP contribution in [-0.4, -0.2) is 53.0 Å². The Morgan fingerprint density at radius 3 is 2.58 bits per heavy atom. The lowest BCUT2D eigenvalue weighted by Gasteiger charge is -2.35. The van der Waals surface area contributed by atoms with Gasteiger partial charge in [-0.3, -0.25) is 14.4 Å². The maximum absolute atomic E-state index is 12.5. The molecule has 1 saturated heterocycles. The number of rotatable bonds is 6. The van der Waals surface area contributed by atoms with Crippen LogP contribution in [0.15, 0.2) is 51.9 Å². The van der Waals surface area contributed by atoms with Gasteiger partial charge in [-0.15, -0.1) is 0 Å². The number of benzene rings is 1. The van der Waals surface area contributed by atoms with Gasteiger partial charge in [0.05, 0.1) is 5.56 Å². The number of halogens is 1. The fourth-order valence-electron chi connectivity index (χ4n) is 3.60. The average Bonchev–Trinajstić information content (AvgIpc) is 3.25. The summed E-state index contributed by atoms with van der Waals surface area (Å²) in [6.45, 7) is 4.52. The molecule has 0 atom stereocenters. The van der Waals surface area contributed by atoms with Crippen LogP contribution in [0.1, 0.15) is 28.1 Å². The number of pyridine rings is 1. The third kappa shape index (κ3) is 5.81. The third-order valence-electron chi connectivity index (χ3n) is 5.56. The van der Waals surface area contributed by atoms with Crippen LogP contribution in [0, 0.1) is 10.5 Å². The van der Waals surface area contributed by atoms with Crippen molar-refractivity contribution in [2.75, 3.05) is 36.4 Å². The molecule has 0 spiro atoms. The van der Waals surface area contributed by atoms with Gasteiger partial charge >= 0.3 is 0 Å². The molecule has 0 aliphatic carbocycles. The Morgan fingerprint density at radius 2 is 1.94 bits per heavy atom. The van der Waals surface area contributed by atoms with Crippen LogP contribution in [0.3, 0.4) is 0 Å². The summed E-state index contributed by atoms with van der Waals surface area (Å²) in [4.78, 5) is 44.5. The molecule has 3 aromatic rings. The fraction of sp³-hybridized carbons (Fsp3) is 0.304. The van der Waals surface area contributed by atoms with Crippen molar-refractivity contribution < 1.29 is 14.1 Å². The number of nitrogens with zero attached hydrogens (tertiary/aromatic N) is 3. The van der Waals surface area contributed by atoms with Gasteiger partial charge in [0.1, 0.15) is 11.6 Å². The van der Waals surface area contributed by atoms with E-state index in [1.807, 2.05) is 36.1 Å². The van der Waals surface area contributed by atoms with Crippen molar-refractivity contribution in [2.24, 2.45) is 0 Å². The molecular formula is C23H24IN5O4. The molecule has 1 aliphatic rings. The number of hydrogen-bond donors (Lipinski definition) is 2. The van der Waals surface area contributed by atoms with Crippen LogP contribution in [-0.2, 0) is 11.2 Å². The predicted octanol–water partition coefficient (Wildman–Crippen LogP) is 2.81. The molecule has 33 heavy (non-hydrogen) atoms. The summed E-state index contributed by atoms with van der Waals surface area (Å²) in [7, 11) is 0. The molecule has 4 rings (SSSR count). The molecule has 10 heteroatoms. The Labute approximate surface area is 204 Å². The summed E-state index contributed by atoms with van der Waals surface area (Å²) >= 11 is 2.24. The summed E-state index contributed by atoms with van der Waals surface area (Å²) in [6, 6.07) is 10.7. The van der Waals surface area contributed by atoms with E-state index in [1.54, 1.807) is 12.3 Å². The van der Waals surface area contributed by atoms with Crippen LogP contribution in [0.4, 0.5) is 11.5 Å². The number of nitrogens with one attached hydrogen (secondary N) is 2. The van der Waals surface area contributed by atoms with E-state index in [-0.39, 0.29) is 17.4 Å². The zero-order valence-corrected chi connectivity index (χ0v) is 20.3. The molecule has 1 aromatic carbocycles. The first-order valence-corrected chi connectivity index (χ1v) is 11.7. The van der Waals surface area contributed by atoms with Gasteiger partial charge in [-0.1, -0.05) is 6.07 Å². The highest BCUT2D eigenvalue weighted by Crippen LogP contribution is 2.19. The van der Waals surface area contributed by atoms with E-state index in [4.69, 9.17) is 4.52 Å². The number of aromatic nitrogens is 2. The van der Waals surface area contributed by atoms with Crippen LogP contribution >= 0.6 is 22.6 Å². The minimum absolute atomic E-state index is 0.0317. The van der Waals surface area contributed by atoms with Gasteiger partial charge in [-0.05, 0) is 59.3 Å². The molecule has 0 unspecified atom stereocenters. The predicted molar refractivity (Wildman–Crippen MR) is 133 cm³/mol. The summed E-state index contributed by atoms with van der Waals surface area (Å²) in [5.74, 6) is 1.08. The highest BCUT2D eigenvalue weighted by atomic mass is 127. The molecule has 172 valence electrons. The number of aromatic amines is 1. The number of amides is 2. The first kappa shape index (κ1) is 23.0. The SMILES string of the molecule is Cc1ccc(NC(=O)c2ccc(N3CCN(C(=O)CCc4cc(=O)[nH]o4)CC3)nc2)cc1I. The Bertz CT molecular complexity index is 1200. The number of anilines is 2. The summed E-state index contributed by atoms with van der Waals surface area (Å²) in [6.07, 6.45) is 2.26. The smallest absolute Gasteiger partial charge is 0.280 e. The molecule has 9 nitrogen and oxygen atoms in total. The largest absolute Gasteiger partial charge is 0.384 e. The van der Waals surface area contributed by atoms with E-state index in [9.17, 15) is 14.4 Å². The zero-order valence-electron chi connectivity index (χ0n) is 18.1.